The molecular weight excluding hydrogens is 512 g/mol. The Hall–Kier alpha value is -1.64. The van der Waals surface area contributed by atoms with Gasteiger partial charge in [-0.05, 0) is 109 Å². The Morgan fingerprint density at radius 1 is 1.05 bits per heavy atom. The number of nitrogens with two attached hydrogens (primary N) is 1. The monoisotopic (exact) mass is 560 g/mol. The molecule has 39 heavy (non-hydrogen) atoms. The van der Waals surface area contributed by atoms with E-state index in [-0.39, 0.29) is 57.8 Å². The maximum Gasteiger partial charge on any atom is 0.266 e. The highest BCUT2D eigenvalue weighted by Gasteiger charge is 2.64. The fourth-order valence-electron chi connectivity index (χ4n) is 10.3. The number of aliphatic hydroxyl groups excluding tert-OH is 2. The Labute approximate surface area is 234 Å². The number of nitrogens with one attached hydrogen (secondary N) is 1. The van der Waals surface area contributed by atoms with Gasteiger partial charge in [0.15, 0.2) is 0 Å². The van der Waals surface area contributed by atoms with E-state index in [4.69, 9.17) is 5.73 Å². The van der Waals surface area contributed by atoms with Crippen LogP contribution in [-0.4, -0.2) is 36.7 Å². The van der Waals surface area contributed by atoms with E-state index in [1.807, 2.05) is 0 Å². The molecule has 0 spiro atoms. The van der Waals surface area contributed by atoms with E-state index in [0.717, 1.165) is 51.4 Å². The molecule has 4 aliphatic rings. The second-order valence-electron chi connectivity index (χ2n) is 13.9. The molecule has 218 valence electrons. The SMILES string of the molecule is CC[C@H]1[C@@H](O)[C@@H]2[C@H](CC[C@]3(C)[C@@H](C(C)CC(=O)NS(=O)(=O)c4ccccc4N)CC[C@@H]23)[C@@]2(C)CC[C@@H](O)C[C@@H]12. The van der Waals surface area contributed by atoms with Gasteiger partial charge in [0.05, 0.1) is 17.9 Å². The van der Waals surface area contributed by atoms with Crippen LogP contribution in [0.1, 0.15) is 85.5 Å². The summed E-state index contributed by atoms with van der Waals surface area (Å²) in [7, 11) is -4.03. The van der Waals surface area contributed by atoms with Gasteiger partial charge in [-0.25, -0.2) is 13.1 Å². The van der Waals surface area contributed by atoms with E-state index in [1.54, 1.807) is 12.1 Å². The maximum absolute atomic E-state index is 13.0. The minimum absolute atomic E-state index is 0.0141. The van der Waals surface area contributed by atoms with Gasteiger partial charge in [-0.3, -0.25) is 4.79 Å². The summed E-state index contributed by atoms with van der Waals surface area (Å²) in [5.41, 5.74) is 6.14. The van der Waals surface area contributed by atoms with E-state index in [1.165, 1.54) is 12.1 Å². The molecule has 1 amide bonds. The minimum atomic E-state index is -4.03. The summed E-state index contributed by atoms with van der Waals surface area (Å²) in [6.45, 7) is 9.08. The number of rotatable bonds is 6. The van der Waals surface area contributed by atoms with Gasteiger partial charge in [0.1, 0.15) is 4.90 Å². The largest absolute Gasteiger partial charge is 0.398 e. The van der Waals surface area contributed by atoms with Crippen molar-refractivity contribution in [3.8, 4) is 0 Å². The summed E-state index contributed by atoms with van der Waals surface area (Å²) in [4.78, 5) is 12.9. The molecule has 1 unspecified atom stereocenters. The van der Waals surface area contributed by atoms with Crippen LogP contribution in [0.4, 0.5) is 5.69 Å². The average Bonchev–Trinajstić information content (AvgIpc) is 3.22. The van der Waals surface area contributed by atoms with Gasteiger partial charge in [-0.2, -0.15) is 0 Å². The molecule has 5 rings (SSSR count). The molecule has 11 atom stereocenters. The number of hydrogen-bond donors (Lipinski definition) is 4. The number of anilines is 1. The number of amides is 1. The van der Waals surface area contributed by atoms with Crippen molar-refractivity contribution in [3.63, 3.8) is 0 Å². The van der Waals surface area contributed by atoms with Crippen molar-refractivity contribution in [1.82, 2.24) is 4.72 Å². The molecule has 0 aliphatic heterocycles. The Bertz CT molecular complexity index is 1190. The topological polar surface area (TPSA) is 130 Å². The van der Waals surface area contributed by atoms with Gasteiger partial charge in [0.2, 0.25) is 5.91 Å². The zero-order chi connectivity index (χ0) is 28.3. The normalized spacial score (nSPS) is 42.6. The van der Waals surface area contributed by atoms with Crippen LogP contribution in [0.3, 0.4) is 0 Å². The van der Waals surface area contributed by atoms with Crippen molar-refractivity contribution in [2.45, 2.75) is 103 Å². The van der Waals surface area contributed by atoms with Crippen molar-refractivity contribution in [1.29, 1.82) is 0 Å². The predicted octanol–water partition coefficient (Wildman–Crippen LogP) is 4.73. The summed E-state index contributed by atoms with van der Waals surface area (Å²) in [6.07, 6.45) is 7.36. The van der Waals surface area contributed by atoms with Crippen LogP contribution in [0.5, 0.6) is 0 Å². The first-order valence-electron chi connectivity index (χ1n) is 15.1. The molecule has 4 saturated carbocycles. The fourth-order valence-corrected chi connectivity index (χ4v) is 11.5. The highest BCUT2D eigenvalue weighted by molar-refractivity contribution is 7.90. The first-order valence-corrected chi connectivity index (χ1v) is 16.6. The van der Waals surface area contributed by atoms with Crippen molar-refractivity contribution in [2.24, 2.45) is 52.3 Å². The van der Waals surface area contributed by atoms with E-state index in [9.17, 15) is 23.4 Å². The number of fused-ring (bicyclic) bond motifs is 5. The molecule has 8 heteroatoms. The Balaban J connectivity index is 1.33. The summed E-state index contributed by atoms with van der Waals surface area (Å²) < 4.78 is 27.9. The first kappa shape index (κ1) is 28.9. The maximum atomic E-state index is 13.0. The first-order chi connectivity index (χ1) is 18.3. The molecule has 4 aliphatic carbocycles. The molecule has 0 bridgehead atoms. The Kier molecular flexibility index (Phi) is 7.64. The molecule has 0 saturated heterocycles. The summed E-state index contributed by atoms with van der Waals surface area (Å²) >= 11 is 0. The van der Waals surface area contributed by atoms with E-state index >= 15 is 0 Å². The number of carbonyl (C=O) groups excluding carboxylic acids is 1. The van der Waals surface area contributed by atoms with Gasteiger partial charge in [0, 0.05) is 6.42 Å². The van der Waals surface area contributed by atoms with Crippen molar-refractivity contribution < 1.29 is 23.4 Å². The zero-order valence-electron chi connectivity index (χ0n) is 24.0. The van der Waals surface area contributed by atoms with Gasteiger partial charge in [-0.1, -0.05) is 46.2 Å². The zero-order valence-corrected chi connectivity index (χ0v) is 24.8. The van der Waals surface area contributed by atoms with Gasteiger partial charge >= 0.3 is 0 Å². The Morgan fingerprint density at radius 2 is 1.72 bits per heavy atom. The fraction of sp³-hybridized carbons (Fsp3) is 0.774. The molecule has 1 aromatic carbocycles. The average molecular weight is 561 g/mol. The predicted molar refractivity (Wildman–Crippen MR) is 152 cm³/mol. The number of sulfonamides is 1. The molecule has 0 heterocycles. The minimum Gasteiger partial charge on any atom is -0.398 e. The van der Waals surface area contributed by atoms with Crippen molar-refractivity contribution in [3.05, 3.63) is 24.3 Å². The van der Waals surface area contributed by atoms with Crippen LogP contribution in [0.15, 0.2) is 29.2 Å². The molecule has 4 fully saturated rings. The van der Waals surface area contributed by atoms with E-state index in [2.05, 4.69) is 32.4 Å². The third kappa shape index (κ3) is 4.72. The molecular formula is C31H48N2O5S. The third-order valence-corrected chi connectivity index (χ3v) is 13.6. The van der Waals surface area contributed by atoms with Gasteiger partial charge < -0.3 is 15.9 Å². The van der Waals surface area contributed by atoms with Crippen LogP contribution < -0.4 is 10.5 Å². The van der Waals surface area contributed by atoms with Crippen LogP contribution >= 0.6 is 0 Å². The Morgan fingerprint density at radius 3 is 2.41 bits per heavy atom. The quantitative estimate of drug-likeness (QED) is 0.372. The molecule has 0 aromatic heterocycles. The summed E-state index contributed by atoms with van der Waals surface area (Å²) in [6, 6.07) is 6.17. The number of benzene rings is 1. The third-order valence-electron chi connectivity index (χ3n) is 12.1. The lowest BCUT2D eigenvalue weighted by molar-refractivity contribution is -0.203. The highest BCUT2D eigenvalue weighted by atomic mass is 32.2. The van der Waals surface area contributed by atoms with Crippen LogP contribution in [0, 0.1) is 52.3 Å². The number of hydrogen-bond acceptors (Lipinski definition) is 6. The second kappa shape index (κ2) is 10.3. The smallest absolute Gasteiger partial charge is 0.266 e. The molecule has 0 radical (unpaired) electrons. The van der Waals surface area contributed by atoms with Crippen LogP contribution in [0.2, 0.25) is 0 Å². The van der Waals surface area contributed by atoms with Crippen LogP contribution in [-0.2, 0) is 14.8 Å². The lowest BCUT2D eigenvalue weighted by atomic mass is 9.41. The van der Waals surface area contributed by atoms with Crippen LogP contribution in [0.25, 0.3) is 0 Å². The standard InChI is InChI=1S/C31H48N2O5S/c1-5-20-24-17-19(34)12-14-31(24,4)23-13-15-30(3)21(10-11-22(30)28(23)29(20)36)18(2)16-27(35)33-39(37,38)26-9-7-6-8-25(26)32/h6-9,18-24,28-29,34,36H,5,10-17,32H2,1-4H3,(H,33,35)/t18?,19-,20-,21-,22+,23+,24+,28+,29-,30-,31-/m1/s1. The van der Waals surface area contributed by atoms with Gasteiger partial charge in [-0.15, -0.1) is 0 Å². The molecule has 7 nitrogen and oxygen atoms in total. The van der Waals surface area contributed by atoms with Crippen molar-refractivity contribution in [2.75, 3.05) is 5.73 Å². The number of aliphatic hydroxyl groups is 2. The van der Waals surface area contributed by atoms with Gasteiger partial charge in [0.25, 0.3) is 10.0 Å². The second-order valence-corrected chi connectivity index (χ2v) is 15.5. The lowest BCUT2D eigenvalue weighted by Crippen LogP contribution is -2.62. The number of carbonyl (C=O) groups is 1. The van der Waals surface area contributed by atoms with Crippen molar-refractivity contribution >= 4 is 21.6 Å². The number of para-hydroxylation sites is 1. The lowest BCUT2D eigenvalue weighted by Gasteiger charge is -2.64. The molecule has 1 aromatic rings. The van der Waals surface area contributed by atoms with E-state index < -0.39 is 15.9 Å². The summed E-state index contributed by atoms with van der Waals surface area (Å²) in [5.74, 6) is 1.51. The molecule has 5 N–H and O–H groups in total. The summed E-state index contributed by atoms with van der Waals surface area (Å²) in [5, 5.41) is 22.4. The number of nitrogen functional groups attached to an aromatic ring is 1. The highest BCUT2D eigenvalue weighted by Crippen LogP contribution is 2.69. The van der Waals surface area contributed by atoms with E-state index in [0.29, 0.717) is 23.7 Å².